The molecule has 1 aromatic carbocycles. The number of rotatable bonds is 10. The summed E-state index contributed by atoms with van der Waals surface area (Å²) in [6.07, 6.45) is 9.74. The summed E-state index contributed by atoms with van der Waals surface area (Å²) >= 11 is 5.96. The first-order valence-electron chi connectivity index (χ1n) is 7.87. The van der Waals surface area contributed by atoms with Gasteiger partial charge in [-0.05, 0) is 24.6 Å². The van der Waals surface area contributed by atoms with Gasteiger partial charge in [-0.25, -0.2) is 4.79 Å². The fourth-order valence-electron chi connectivity index (χ4n) is 2.18. The molecule has 21 heavy (non-hydrogen) atoms. The van der Waals surface area contributed by atoms with Gasteiger partial charge in [0.15, 0.2) is 0 Å². The predicted molar refractivity (Wildman–Crippen MR) is 88.8 cm³/mol. The number of esters is 1. The van der Waals surface area contributed by atoms with Crippen LogP contribution in [0.25, 0.3) is 0 Å². The number of ether oxygens (including phenoxy) is 1. The average Bonchev–Trinajstić information content (AvgIpc) is 2.48. The molecule has 1 aromatic rings. The maximum Gasteiger partial charge on any atom is 0.339 e. The Morgan fingerprint density at radius 1 is 1.10 bits per heavy atom. The molecule has 0 radical (unpaired) electrons. The normalized spacial score (nSPS) is 10.6. The number of hydrogen-bond acceptors (Lipinski definition) is 3. The van der Waals surface area contributed by atoms with Gasteiger partial charge in [-0.3, -0.25) is 0 Å². The number of benzene rings is 1. The molecule has 0 aromatic heterocycles. The van der Waals surface area contributed by atoms with Crippen LogP contribution in [0.4, 0.5) is 5.69 Å². The zero-order chi connectivity index (χ0) is 15.5. The molecule has 0 saturated carbocycles. The van der Waals surface area contributed by atoms with Crippen molar-refractivity contribution in [2.75, 3.05) is 12.3 Å². The minimum absolute atomic E-state index is 0.344. The van der Waals surface area contributed by atoms with E-state index in [1.54, 1.807) is 18.2 Å². The topological polar surface area (TPSA) is 52.3 Å². The molecule has 4 heteroatoms. The third kappa shape index (κ3) is 7.37. The number of hydrogen-bond donors (Lipinski definition) is 1. The fraction of sp³-hybridized carbons (Fsp3) is 0.588. The molecule has 0 atom stereocenters. The van der Waals surface area contributed by atoms with Gasteiger partial charge in [0.2, 0.25) is 0 Å². The predicted octanol–water partition coefficient (Wildman–Crippen LogP) is 5.22. The van der Waals surface area contributed by atoms with Crippen LogP contribution in [0.2, 0.25) is 5.02 Å². The molecule has 0 unspecified atom stereocenters. The lowest BCUT2D eigenvalue weighted by Gasteiger charge is -2.07. The van der Waals surface area contributed by atoms with Crippen molar-refractivity contribution in [3.05, 3.63) is 28.8 Å². The number of anilines is 1. The molecule has 2 N–H and O–H groups in total. The summed E-state index contributed by atoms with van der Waals surface area (Å²) in [6.45, 7) is 2.67. The van der Waals surface area contributed by atoms with Crippen LogP contribution >= 0.6 is 11.6 Å². The van der Waals surface area contributed by atoms with Crippen molar-refractivity contribution < 1.29 is 9.53 Å². The molecule has 0 aliphatic carbocycles. The zero-order valence-corrected chi connectivity index (χ0v) is 13.6. The van der Waals surface area contributed by atoms with Crippen LogP contribution in [-0.2, 0) is 4.74 Å². The lowest BCUT2D eigenvalue weighted by atomic mass is 10.1. The summed E-state index contributed by atoms with van der Waals surface area (Å²) in [4.78, 5) is 11.9. The van der Waals surface area contributed by atoms with Crippen LogP contribution in [0.1, 0.15) is 68.6 Å². The van der Waals surface area contributed by atoms with Gasteiger partial charge in [-0.2, -0.15) is 0 Å². The van der Waals surface area contributed by atoms with Crippen molar-refractivity contribution >= 4 is 23.3 Å². The van der Waals surface area contributed by atoms with Crippen LogP contribution in [0.5, 0.6) is 0 Å². The van der Waals surface area contributed by atoms with Crippen molar-refractivity contribution in [3.8, 4) is 0 Å². The third-order valence-corrected chi connectivity index (χ3v) is 3.77. The number of nitrogens with two attached hydrogens (primary N) is 1. The molecule has 0 aliphatic rings. The van der Waals surface area contributed by atoms with Crippen molar-refractivity contribution in [3.63, 3.8) is 0 Å². The molecular formula is C17H26ClNO2. The monoisotopic (exact) mass is 311 g/mol. The summed E-state index contributed by atoms with van der Waals surface area (Å²) in [7, 11) is 0. The van der Waals surface area contributed by atoms with E-state index in [0.717, 1.165) is 12.8 Å². The molecule has 3 nitrogen and oxygen atoms in total. The highest BCUT2D eigenvalue weighted by Gasteiger charge is 2.11. The highest BCUT2D eigenvalue weighted by atomic mass is 35.5. The first-order valence-corrected chi connectivity index (χ1v) is 8.25. The van der Waals surface area contributed by atoms with E-state index in [4.69, 9.17) is 22.1 Å². The van der Waals surface area contributed by atoms with E-state index in [1.807, 2.05) is 0 Å². The Bertz CT molecular complexity index is 435. The van der Waals surface area contributed by atoms with Gasteiger partial charge in [0.1, 0.15) is 0 Å². The number of carbonyl (C=O) groups excluding carboxylic acids is 1. The molecular weight excluding hydrogens is 286 g/mol. The Morgan fingerprint density at radius 2 is 1.71 bits per heavy atom. The van der Waals surface area contributed by atoms with E-state index in [-0.39, 0.29) is 0 Å². The first-order chi connectivity index (χ1) is 10.1. The van der Waals surface area contributed by atoms with E-state index < -0.39 is 5.97 Å². The maximum absolute atomic E-state index is 11.9. The smallest absolute Gasteiger partial charge is 0.339 e. The van der Waals surface area contributed by atoms with Gasteiger partial charge in [0.05, 0.1) is 17.2 Å². The van der Waals surface area contributed by atoms with Crippen molar-refractivity contribution in [2.24, 2.45) is 0 Å². The molecule has 0 fully saturated rings. The van der Waals surface area contributed by atoms with Gasteiger partial charge >= 0.3 is 5.97 Å². The SMILES string of the molecule is CCCCCCCCCCOC(=O)c1cc(N)ccc1Cl. The van der Waals surface area contributed by atoms with Crippen LogP contribution in [0.15, 0.2) is 18.2 Å². The lowest BCUT2D eigenvalue weighted by Crippen LogP contribution is -2.07. The van der Waals surface area contributed by atoms with Gasteiger partial charge < -0.3 is 10.5 Å². The third-order valence-electron chi connectivity index (χ3n) is 3.44. The zero-order valence-electron chi connectivity index (χ0n) is 12.9. The largest absolute Gasteiger partial charge is 0.462 e. The van der Waals surface area contributed by atoms with Gasteiger partial charge in [0.25, 0.3) is 0 Å². The van der Waals surface area contributed by atoms with Gasteiger partial charge in [0, 0.05) is 5.69 Å². The molecule has 0 heterocycles. The minimum Gasteiger partial charge on any atom is -0.462 e. The number of nitrogen functional groups attached to an aromatic ring is 1. The second-order valence-corrected chi connectivity index (χ2v) is 5.76. The number of carbonyl (C=O) groups is 1. The Hall–Kier alpha value is -1.22. The highest BCUT2D eigenvalue weighted by molar-refractivity contribution is 6.33. The van der Waals surface area contributed by atoms with E-state index in [1.165, 1.54) is 38.5 Å². The van der Waals surface area contributed by atoms with Crippen LogP contribution in [0, 0.1) is 0 Å². The Balaban J connectivity index is 2.12. The quantitative estimate of drug-likeness (QED) is 0.366. The second-order valence-electron chi connectivity index (χ2n) is 5.35. The maximum atomic E-state index is 11.9. The van der Waals surface area contributed by atoms with Crippen molar-refractivity contribution in [1.29, 1.82) is 0 Å². The molecule has 0 aliphatic heterocycles. The fourth-order valence-corrected chi connectivity index (χ4v) is 2.37. The van der Waals surface area contributed by atoms with E-state index >= 15 is 0 Å². The molecule has 0 spiro atoms. The first kappa shape index (κ1) is 17.8. The summed E-state index contributed by atoms with van der Waals surface area (Å²) in [6, 6.07) is 4.83. The minimum atomic E-state index is -0.393. The Labute approximate surface area is 132 Å². The molecule has 1 rings (SSSR count). The van der Waals surface area contributed by atoms with Gasteiger partial charge in [-0.15, -0.1) is 0 Å². The van der Waals surface area contributed by atoms with E-state index in [0.29, 0.717) is 22.9 Å². The average molecular weight is 312 g/mol. The Kier molecular flexibility index (Phi) is 8.91. The van der Waals surface area contributed by atoms with Crippen LogP contribution in [0.3, 0.4) is 0 Å². The summed E-state index contributed by atoms with van der Waals surface area (Å²) in [5.41, 5.74) is 6.50. The molecule has 0 saturated heterocycles. The van der Waals surface area contributed by atoms with E-state index in [9.17, 15) is 4.79 Å². The standard InChI is InChI=1S/C17H26ClNO2/c1-2-3-4-5-6-7-8-9-12-21-17(20)15-13-14(19)10-11-16(15)18/h10-11,13H,2-9,12,19H2,1H3. The van der Waals surface area contributed by atoms with Gasteiger partial charge in [-0.1, -0.05) is 63.5 Å². The number of halogens is 1. The van der Waals surface area contributed by atoms with E-state index in [2.05, 4.69) is 6.92 Å². The van der Waals surface area contributed by atoms with Crippen molar-refractivity contribution in [2.45, 2.75) is 58.3 Å². The molecule has 0 bridgehead atoms. The second kappa shape index (κ2) is 10.5. The van der Waals surface area contributed by atoms with Crippen LogP contribution in [-0.4, -0.2) is 12.6 Å². The highest BCUT2D eigenvalue weighted by Crippen LogP contribution is 2.20. The lowest BCUT2D eigenvalue weighted by molar-refractivity contribution is 0.0498. The molecule has 0 amide bonds. The molecule has 118 valence electrons. The summed E-state index contributed by atoms with van der Waals surface area (Å²) in [5.74, 6) is -0.393. The summed E-state index contributed by atoms with van der Waals surface area (Å²) in [5, 5.41) is 0.380. The number of unbranched alkanes of at least 4 members (excludes halogenated alkanes) is 7. The van der Waals surface area contributed by atoms with Crippen molar-refractivity contribution in [1.82, 2.24) is 0 Å². The Morgan fingerprint density at radius 3 is 2.38 bits per heavy atom. The van der Waals surface area contributed by atoms with Crippen LogP contribution < -0.4 is 5.73 Å². The summed E-state index contributed by atoms with van der Waals surface area (Å²) < 4.78 is 5.23.